The largest absolute Gasteiger partial charge is 0.402 e. The van der Waals surface area contributed by atoms with Crippen LogP contribution in [-0.2, 0) is 0 Å². The molecule has 0 saturated heterocycles. The van der Waals surface area contributed by atoms with Gasteiger partial charge >= 0.3 is 12.4 Å². The molecule has 3 N–H and O–H groups in total. The molecular formula is C9H10F6N2S. The van der Waals surface area contributed by atoms with Gasteiger partial charge in [0, 0.05) is 4.88 Å². The predicted octanol–water partition coefficient (Wildman–Crippen LogP) is 3.30. The van der Waals surface area contributed by atoms with Crippen molar-refractivity contribution in [1.29, 1.82) is 0 Å². The second-order valence-corrected chi connectivity index (χ2v) is 4.81. The number of hydrogen-bond acceptors (Lipinski definition) is 3. The minimum absolute atomic E-state index is 0.125. The van der Waals surface area contributed by atoms with Gasteiger partial charge < -0.3 is 0 Å². The number of hydrazine groups is 1. The Kier molecular flexibility index (Phi) is 4.29. The second kappa shape index (κ2) is 5.06. The number of alkyl halides is 6. The summed E-state index contributed by atoms with van der Waals surface area (Å²) in [4.78, 5) is 0.605. The van der Waals surface area contributed by atoms with Gasteiger partial charge in [0.05, 0.1) is 6.04 Å². The van der Waals surface area contributed by atoms with E-state index in [-0.39, 0.29) is 5.56 Å². The van der Waals surface area contributed by atoms with Gasteiger partial charge in [-0.25, -0.2) is 0 Å². The van der Waals surface area contributed by atoms with Crippen molar-refractivity contribution in [2.75, 3.05) is 0 Å². The van der Waals surface area contributed by atoms with Crippen LogP contribution in [0.25, 0.3) is 0 Å². The first-order valence-electron chi connectivity index (χ1n) is 4.72. The van der Waals surface area contributed by atoms with Crippen molar-refractivity contribution in [3.05, 3.63) is 21.9 Å². The zero-order valence-corrected chi connectivity index (χ0v) is 9.88. The molecule has 0 saturated carbocycles. The van der Waals surface area contributed by atoms with Gasteiger partial charge in [0.2, 0.25) is 0 Å². The summed E-state index contributed by atoms with van der Waals surface area (Å²) < 4.78 is 75.2. The van der Waals surface area contributed by atoms with Crippen LogP contribution in [0.5, 0.6) is 0 Å². The molecule has 1 heterocycles. The van der Waals surface area contributed by atoms with Gasteiger partial charge in [0.25, 0.3) is 0 Å². The molecular weight excluding hydrogens is 282 g/mol. The first-order valence-corrected chi connectivity index (χ1v) is 5.60. The van der Waals surface area contributed by atoms with E-state index in [1.165, 1.54) is 11.4 Å². The van der Waals surface area contributed by atoms with Gasteiger partial charge in [-0.1, -0.05) is 0 Å². The second-order valence-electron chi connectivity index (χ2n) is 3.70. The van der Waals surface area contributed by atoms with Crippen molar-refractivity contribution in [2.45, 2.75) is 25.3 Å². The summed E-state index contributed by atoms with van der Waals surface area (Å²) in [7, 11) is 0. The SMILES string of the molecule is Cc1cc(C(NN)C(C(F)(F)F)C(F)(F)F)cs1. The van der Waals surface area contributed by atoms with Crippen LogP contribution < -0.4 is 11.3 Å². The molecule has 0 radical (unpaired) electrons. The molecule has 1 rings (SSSR count). The molecule has 0 aliphatic rings. The quantitative estimate of drug-likeness (QED) is 0.509. The molecule has 1 unspecified atom stereocenters. The number of aryl methyl sites for hydroxylation is 1. The van der Waals surface area contributed by atoms with Gasteiger partial charge in [-0.3, -0.25) is 11.3 Å². The lowest BCUT2D eigenvalue weighted by atomic mass is 9.94. The maximum absolute atomic E-state index is 12.5. The molecule has 0 bridgehead atoms. The monoisotopic (exact) mass is 292 g/mol. The Hall–Kier alpha value is -0.800. The van der Waals surface area contributed by atoms with Crippen LogP contribution in [0.15, 0.2) is 11.4 Å². The maximum Gasteiger partial charge on any atom is 0.402 e. The van der Waals surface area contributed by atoms with Gasteiger partial charge in [-0.15, -0.1) is 11.3 Å². The van der Waals surface area contributed by atoms with Crippen molar-refractivity contribution in [3.8, 4) is 0 Å². The molecule has 0 aliphatic heterocycles. The van der Waals surface area contributed by atoms with Crippen LogP contribution in [0.1, 0.15) is 16.5 Å². The molecule has 0 amide bonds. The number of thiophene rings is 1. The van der Waals surface area contributed by atoms with E-state index in [9.17, 15) is 26.3 Å². The Morgan fingerprint density at radius 1 is 1.17 bits per heavy atom. The summed E-state index contributed by atoms with van der Waals surface area (Å²) in [6.45, 7) is 1.58. The number of halogens is 6. The number of hydrogen-bond donors (Lipinski definition) is 2. The molecule has 9 heteroatoms. The van der Waals surface area contributed by atoms with Crippen LogP contribution in [0.4, 0.5) is 26.3 Å². The zero-order valence-electron chi connectivity index (χ0n) is 9.06. The highest BCUT2D eigenvalue weighted by atomic mass is 32.1. The molecule has 0 aromatic carbocycles. The summed E-state index contributed by atoms with van der Waals surface area (Å²) >= 11 is 1.06. The average Bonchev–Trinajstić information content (AvgIpc) is 2.56. The van der Waals surface area contributed by atoms with Crippen molar-refractivity contribution in [3.63, 3.8) is 0 Å². The van der Waals surface area contributed by atoms with Crippen LogP contribution in [-0.4, -0.2) is 12.4 Å². The topological polar surface area (TPSA) is 38.0 Å². The summed E-state index contributed by atoms with van der Waals surface area (Å²) in [5, 5.41) is 1.23. The van der Waals surface area contributed by atoms with Crippen molar-refractivity contribution in [1.82, 2.24) is 5.43 Å². The van der Waals surface area contributed by atoms with Crippen LogP contribution >= 0.6 is 11.3 Å². The summed E-state index contributed by atoms with van der Waals surface area (Å²) in [6, 6.07) is -0.797. The average molecular weight is 292 g/mol. The van der Waals surface area contributed by atoms with E-state index in [1.54, 1.807) is 12.3 Å². The van der Waals surface area contributed by atoms with Crippen LogP contribution in [0, 0.1) is 12.8 Å². The third-order valence-corrected chi connectivity index (χ3v) is 3.21. The standard InChI is InChI=1S/C9H10F6N2S/c1-4-2-5(3-18-4)6(17-16)7(8(10,11)12)9(13,14)15/h2-3,6-7,17H,16H2,1H3. The molecule has 0 fully saturated rings. The summed E-state index contributed by atoms with van der Waals surface area (Å²) in [6.07, 6.45) is -10.9. The van der Waals surface area contributed by atoms with E-state index < -0.39 is 24.3 Å². The lowest BCUT2D eigenvalue weighted by Crippen LogP contribution is -2.47. The minimum atomic E-state index is -5.43. The molecule has 1 aromatic heterocycles. The molecule has 0 aliphatic carbocycles. The summed E-state index contributed by atoms with van der Waals surface area (Å²) in [5.74, 6) is 1.32. The first-order chi connectivity index (χ1) is 8.07. The molecule has 1 aromatic rings. The fourth-order valence-corrected chi connectivity index (χ4v) is 2.32. The van der Waals surface area contributed by atoms with E-state index in [0.717, 1.165) is 11.3 Å². The number of nitrogens with two attached hydrogens (primary N) is 1. The Balaban J connectivity index is 3.18. The molecule has 2 nitrogen and oxygen atoms in total. The molecule has 0 spiro atoms. The highest BCUT2D eigenvalue weighted by Crippen LogP contribution is 2.46. The van der Waals surface area contributed by atoms with E-state index in [2.05, 4.69) is 0 Å². The van der Waals surface area contributed by atoms with E-state index in [4.69, 9.17) is 5.84 Å². The third kappa shape index (κ3) is 3.36. The lowest BCUT2D eigenvalue weighted by molar-refractivity contribution is -0.292. The molecule has 104 valence electrons. The van der Waals surface area contributed by atoms with Crippen molar-refractivity contribution < 1.29 is 26.3 Å². The van der Waals surface area contributed by atoms with Gasteiger partial charge in [0.1, 0.15) is 0 Å². The smallest absolute Gasteiger partial charge is 0.271 e. The van der Waals surface area contributed by atoms with E-state index in [1.807, 2.05) is 0 Å². The lowest BCUT2D eigenvalue weighted by Gasteiger charge is -2.29. The number of rotatable bonds is 3. The van der Waals surface area contributed by atoms with Crippen molar-refractivity contribution in [2.24, 2.45) is 11.8 Å². The van der Waals surface area contributed by atoms with Crippen LogP contribution in [0.2, 0.25) is 0 Å². The van der Waals surface area contributed by atoms with E-state index in [0.29, 0.717) is 4.88 Å². The minimum Gasteiger partial charge on any atom is -0.271 e. The third-order valence-electron chi connectivity index (χ3n) is 2.33. The first kappa shape index (κ1) is 15.3. The molecule has 18 heavy (non-hydrogen) atoms. The van der Waals surface area contributed by atoms with Crippen molar-refractivity contribution >= 4 is 11.3 Å². The Labute approximate surface area is 103 Å². The molecule has 1 atom stereocenters. The predicted molar refractivity (Wildman–Crippen MR) is 54.7 cm³/mol. The fourth-order valence-electron chi connectivity index (χ4n) is 1.58. The Morgan fingerprint density at radius 2 is 1.67 bits per heavy atom. The van der Waals surface area contributed by atoms with Gasteiger partial charge in [0.15, 0.2) is 5.92 Å². The Bertz CT molecular complexity index is 382. The van der Waals surface area contributed by atoms with Crippen LogP contribution in [0.3, 0.4) is 0 Å². The fraction of sp³-hybridized carbons (Fsp3) is 0.556. The van der Waals surface area contributed by atoms with Gasteiger partial charge in [-0.2, -0.15) is 26.3 Å². The van der Waals surface area contributed by atoms with E-state index >= 15 is 0 Å². The summed E-state index contributed by atoms with van der Waals surface area (Å²) in [5.41, 5.74) is 1.49. The normalized spacial score (nSPS) is 15.2. The highest BCUT2D eigenvalue weighted by Gasteiger charge is 2.60. The number of nitrogens with one attached hydrogen (secondary N) is 1. The zero-order chi connectivity index (χ0) is 14.1. The van der Waals surface area contributed by atoms with Gasteiger partial charge in [-0.05, 0) is 23.9 Å². The highest BCUT2D eigenvalue weighted by molar-refractivity contribution is 7.10. The maximum atomic E-state index is 12.5. The Morgan fingerprint density at radius 3 is 1.94 bits per heavy atom.